The zero-order chi connectivity index (χ0) is 15.3. The molecule has 0 spiro atoms. The predicted octanol–water partition coefficient (Wildman–Crippen LogP) is 0.222. The predicted molar refractivity (Wildman–Crippen MR) is 87.6 cm³/mol. The van der Waals surface area contributed by atoms with Crippen molar-refractivity contribution in [3.05, 3.63) is 41.6 Å². The molecule has 1 rings (SSSR count). The van der Waals surface area contributed by atoms with Crippen LogP contribution in [0.1, 0.15) is 29.8 Å². The minimum absolute atomic E-state index is 0.159. The van der Waals surface area contributed by atoms with E-state index in [0.717, 1.165) is 16.7 Å². The fourth-order valence-electron chi connectivity index (χ4n) is 2.05. The van der Waals surface area contributed by atoms with Crippen LogP contribution in [0.4, 0.5) is 0 Å². The lowest BCUT2D eigenvalue weighted by Gasteiger charge is -2.15. The van der Waals surface area contributed by atoms with Crippen LogP contribution in [0, 0.1) is 5.92 Å². The van der Waals surface area contributed by atoms with Crippen LogP contribution in [0.5, 0.6) is 0 Å². The molecule has 0 fully saturated rings. The summed E-state index contributed by atoms with van der Waals surface area (Å²) in [5.74, 6) is 0.0891. The van der Waals surface area contributed by atoms with Gasteiger partial charge in [0.05, 0.1) is 6.54 Å². The van der Waals surface area contributed by atoms with Crippen LogP contribution in [0.3, 0.4) is 0 Å². The molecule has 3 N–H and O–H groups in total. The highest BCUT2D eigenvalue weighted by Crippen LogP contribution is 2.14. The van der Waals surface area contributed by atoms with E-state index in [4.69, 9.17) is 5.73 Å². The van der Waals surface area contributed by atoms with Gasteiger partial charge in [0.1, 0.15) is 7.85 Å². The summed E-state index contributed by atoms with van der Waals surface area (Å²) in [6, 6.07) is 5.74. The van der Waals surface area contributed by atoms with Crippen molar-refractivity contribution in [1.82, 2.24) is 5.32 Å². The fraction of sp³-hybridized carbons (Fsp3) is 0.333. The molecule has 1 aromatic carbocycles. The van der Waals surface area contributed by atoms with E-state index < -0.39 is 0 Å². The van der Waals surface area contributed by atoms with E-state index in [9.17, 15) is 4.79 Å². The Labute approximate surface area is 121 Å². The van der Waals surface area contributed by atoms with Gasteiger partial charge < -0.3 is 11.1 Å². The first kappa shape index (κ1) is 16.0. The summed E-state index contributed by atoms with van der Waals surface area (Å²) in [7, 11) is 3.75. The van der Waals surface area contributed by atoms with Crippen LogP contribution < -0.4 is 16.5 Å². The van der Waals surface area contributed by atoms with Crippen LogP contribution in [0.2, 0.25) is 0 Å². The molecule has 0 radical (unpaired) electrons. The second-order valence-electron chi connectivity index (χ2n) is 5.15. The van der Waals surface area contributed by atoms with E-state index in [1.807, 2.05) is 26.0 Å². The molecule has 0 aromatic heterocycles. The van der Waals surface area contributed by atoms with Gasteiger partial charge in [0, 0.05) is 29.6 Å². The normalized spacial score (nSPS) is 11.5. The first-order valence-corrected chi connectivity index (χ1v) is 6.66. The van der Waals surface area contributed by atoms with Gasteiger partial charge in [-0.15, -0.1) is 0 Å². The second-order valence-corrected chi connectivity index (χ2v) is 5.15. The van der Waals surface area contributed by atoms with Gasteiger partial charge in [-0.05, 0) is 12.0 Å². The molecule has 1 aromatic rings. The first-order chi connectivity index (χ1) is 9.36. The van der Waals surface area contributed by atoms with E-state index in [2.05, 4.69) is 30.7 Å². The third-order valence-electron chi connectivity index (χ3n) is 2.96. The van der Waals surface area contributed by atoms with Gasteiger partial charge in [0.15, 0.2) is 0 Å². The number of hydrogen-bond donors (Lipinski definition) is 2. The molecule has 20 heavy (non-hydrogen) atoms. The molecule has 0 atom stereocenters. The maximum Gasteiger partial charge on any atom is 0.252 e. The lowest BCUT2D eigenvalue weighted by Crippen LogP contribution is -2.30. The molecule has 0 bridgehead atoms. The zero-order valence-corrected chi connectivity index (χ0v) is 12.7. The van der Waals surface area contributed by atoms with Gasteiger partial charge >= 0.3 is 0 Å². The largest absolute Gasteiger partial charge is 0.401 e. The average Bonchev–Trinajstić information content (AvgIpc) is 2.36. The minimum Gasteiger partial charge on any atom is -0.401 e. The molecule has 0 aliphatic rings. The summed E-state index contributed by atoms with van der Waals surface area (Å²) in [5, 5.41) is 2.76. The molecule has 0 saturated carbocycles. The number of carbonyl (C=O) groups is 1. The van der Waals surface area contributed by atoms with Crippen molar-refractivity contribution < 1.29 is 4.79 Å². The molecule has 0 aliphatic carbocycles. The third kappa shape index (κ3) is 3.98. The molecule has 5 heteroatoms. The molecular formula is C15H22BN3O. The Bertz CT molecular complexity index is 550. The Balaban J connectivity index is 3.20. The van der Waals surface area contributed by atoms with Gasteiger partial charge in [-0.1, -0.05) is 38.0 Å². The molecule has 106 valence electrons. The Morgan fingerprint density at radius 3 is 2.60 bits per heavy atom. The summed E-state index contributed by atoms with van der Waals surface area (Å²) in [6.45, 7) is 7.97. The van der Waals surface area contributed by atoms with Gasteiger partial charge in [0.25, 0.3) is 5.91 Å². The van der Waals surface area contributed by atoms with Crippen molar-refractivity contribution in [3.8, 4) is 0 Å². The summed E-state index contributed by atoms with van der Waals surface area (Å²) < 4.78 is 0. The summed E-state index contributed by atoms with van der Waals surface area (Å²) in [5.41, 5.74) is 9.43. The molecule has 1 amide bonds. The van der Waals surface area contributed by atoms with Crippen LogP contribution in [0.25, 0.3) is 0 Å². The van der Waals surface area contributed by atoms with Crippen molar-refractivity contribution in [2.75, 3.05) is 13.6 Å². The smallest absolute Gasteiger partial charge is 0.252 e. The number of nitrogens with zero attached hydrogens (tertiary/aromatic N) is 1. The monoisotopic (exact) mass is 271 g/mol. The number of hydrogen-bond acceptors (Lipinski definition) is 3. The molecule has 0 unspecified atom stereocenters. The number of rotatable bonds is 5. The average molecular weight is 271 g/mol. The lowest BCUT2D eigenvalue weighted by atomic mass is 9.87. The van der Waals surface area contributed by atoms with E-state index in [-0.39, 0.29) is 18.4 Å². The van der Waals surface area contributed by atoms with E-state index in [0.29, 0.717) is 11.3 Å². The van der Waals surface area contributed by atoms with Crippen molar-refractivity contribution >= 4 is 24.9 Å². The highest BCUT2D eigenvalue weighted by Gasteiger charge is 2.17. The first-order valence-electron chi connectivity index (χ1n) is 6.66. The molecule has 0 heterocycles. The van der Waals surface area contributed by atoms with Crippen molar-refractivity contribution in [3.63, 3.8) is 0 Å². The topological polar surface area (TPSA) is 67.5 Å². The number of benzene rings is 1. The van der Waals surface area contributed by atoms with Crippen molar-refractivity contribution in [2.24, 2.45) is 16.6 Å². The molecule has 0 aliphatic heterocycles. The van der Waals surface area contributed by atoms with Gasteiger partial charge in [0.2, 0.25) is 0 Å². The van der Waals surface area contributed by atoms with Crippen LogP contribution >= 0.6 is 0 Å². The van der Waals surface area contributed by atoms with E-state index in [1.54, 1.807) is 7.05 Å². The fourth-order valence-corrected chi connectivity index (χ4v) is 2.05. The maximum absolute atomic E-state index is 12.3. The maximum atomic E-state index is 12.3. The van der Waals surface area contributed by atoms with Gasteiger partial charge in [-0.2, -0.15) is 0 Å². The molecular weight excluding hydrogens is 249 g/mol. The molecule has 0 saturated heterocycles. The summed E-state index contributed by atoms with van der Waals surface area (Å²) in [6.07, 6.45) is 0. The number of carbonyl (C=O) groups excluding carboxylic acids is 1. The van der Waals surface area contributed by atoms with Gasteiger partial charge in [-0.3, -0.25) is 9.79 Å². The standard InChI is InChI=1S/C15H22BN3O/c1-9(2)14(18-4)13-7-11(16)5-6-12(13)15(20)19-8-10(3)17/h5-7,9H,3,8,16-17H2,1-2,4H3,(H,19,20)/b18-14+. The zero-order valence-electron chi connectivity index (χ0n) is 12.7. The highest BCUT2D eigenvalue weighted by molar-refractivity contribution is 6.33. The third-order valence-corrected chi connectivity index (χ3v) is 2.96. The SMILES string of the molecule is Bc1ccc(C(=O)NCC(=C)N)c(/C(=N/C)C(C)C)c1. The second kappa shape index (κ2) is 6.94. The quantitative estimate of drug-likeness (QED) is 0.594. The molecule has 4 nitrogen and oxygen atoms in total. The lowest BCUT2D eigenvalue weighted by molar-refractivity contribution is 0.0956. The van der Waals surface area contributed by atoms with E-state index >= 15 is 0 Å². The highest BCUT2D eigenvalue weighted by atomic mass is 16.1. The minimum atomic E-state index is -0.159. The number of aliphatic imine (C=N–C) groups is 1. The number of amides is 1. The summed E-state index contributed by atoms with van der Waals surface area (Å²) >= 11 is 0. The number of nitrogens with one attached hydrogen (secondary N) is 1. The van der Waals surface area contributed by atoms with Crippen LogP contribution in [-0.4, -0.2) is 33.1 Å². The van der Waals surface area contributed by atoms with Crippen LogP contribution in [0.15, 0.2) is 35.5 Å². The van der Waals surface area contributed by atoms with E-state index in [1.165, 1.54) is 0 Å². The Kier molecular flexibility index (Phi) is 5.56. The Morgan fingerprint density at radius 1 is 1.45 bits per heavy atom. The Morgan fingerprint density at radius 2 is 2.10 bits per heavy atom. The summed E-state index contributed by atoms with van der Waals surface area (Å²) in [4.78, 5) is 16.6. The van der Waals surface area contributed by atoms with Crippen molar-refractivity contribution in [2.45, 2.75) is 13.8 Å². The van der Waals surface area contributed by atoms with Gasteiger partial charge in [-0.25, -0.2) is 0 Å². The number of nitrogens with two attached hydrogens (primary N) is 1. The van der Waals surface area contributed by atoms with Crippen molar-refractivity contribution in [1.29, 1.82) is 0 Å². The Hall–Kier alpha value is -2.04. The van der Waals surface area contributed by atoms with Crippen LogP contribution in [-0.2, 0) is 0 Å².